The van der Waals surface area contributed by atoms with Gasteiger partial charge in [0.1, 0.15) is 0 Å². The molecule has 1 atom stereocenters. The van der Waals surface area contributed by atoms with Crippen molar-refractivity contribution in [3.63, 3.8) is 0 Å². The van der Waals surface area contributed by atoms with Crippen LogP contribution >= 0.6 is 15.9 Å². The van der Waals surface area contributed by atoms with Gasteiger partial charge in [0.25, 0.3) is 0 Å². The molecule has 0 fully saturated rings. The molecule has 80 valence electrons. The van der Waals surface area contributed by atoms with Gasteiger partial charge in [-0.05, 0) is 53.4 Å². The molecule has 3 rings (SSSR count). The first-order valence-corrected chi connectivity index (χ1v) is 6.80. The van der Waals surface area contributed by atoms with E-state index in [-0.39, 0.29) is 0 Å². The molecule has 2 aliphatic rings. The summed E-state index contributed by atoms with van der Waals surface area (Å²) in [6.45, 7) is 4.74. The normalized spacial score (nSPS) is 26.5. The molecule has 0 spiro atoms. The Balaban J connectivity index is 2.20. The maximum atomic E-state index is 3.82. The summed E-state index contributed by atoms with van der Waals surface area (Å²) in [7, 11) is 0. The van der Waals surface area contributed by atoms with Gasteiger partial charge in [0.15, 0.2) is 0 Å². The Bertz CT molecular complexity index is 418. The zero-order valence-corrected chi connectivity index (χ0v) is 11.0. The van der Waals surface area contributed by atoms with E-state index in [9.17, 15) is 0 Å². The Hall–Kier alpha value is -0.300. The number of aryl methyl sites for hydroxylation is 2. The highest BCUT2D eigenvalue weighted by Crippen LogP contribution is 2.50. The maximum Gasteiger partial charge on any atom is 0.0406 e. The summed E-state index contributed by atoms with van der Waals surface area (Å²) in [5.41, 5.74) is 6.73. The summed E-state index contributed by atoms with van der Waals surface area (Å²) in [6.07, 6.45) is 5.19. The van der Waals surface area contributed by atoms with Gasteiger partial charge in [-0.1, -0.05) is 41.9 Å². The van der Waals surface area contributed by atoms with Crippen LogP contribution in [0.4, 0.5) is 0 Å². The minimum atomic E-state index is 0.362. The van der Waals surface area contributed by atoms with E-state index in [2.05, 4.69) is 41.9 Å². The van der Waals surface area contributed by atoms with Crippen LogP contribution in [-0.4, -0.2) is 0 Å². The number of alkyl halides is 1. The van der Waals surface area contributed by atoms with Crippen molar-refractivity contribution >= 4 is 15.9 Å². The highest BCUT2D eigenvalue weighted by atomic mass is 79.9. The van der Waals surface area contributed by atoms with Crippen molar-refractivity contribution < 1.29 is 0 Å². The molecule has 0 aliphatic heterocycles. The number of rotatable bonds is 0. The van der Waals surface area contributed by atoms with Crippen molar-refractivity contribution in [2.75, 3.05) is 0 Å². The first-order valence-electron chi connectivity index (χ1n) is 5.88. The van der Waals surface area contributed by atoms with Crippen LogP contribution < -0.4 is 0 Å². The lowest BCUT2D eigenvalue weighted by Gasteiger charge is -2.19. The molecule has 0 bridgehead atoms. The molecule has 0 nitrogen and oxygen atoms in total. The molecular weight excluding hydrogens is 248 g/mol. The molecule has 0 amide bonds. The van der Waals surface area contributed by atoms with Crippen molar-refractivity contribution in [1.29, 1.82) is 0 Å². The molecule has 0 N–H and O–H groups in total. The number of benzene rings is 1. The lowest BCUT2D eigenvalue weighted by molar-refractivity contribution is 0.520. The summed E-state index contributed by atoms with van der Waals surface area (Å²) in [6, 6.07) is 4.95. The molecule has 1 unspecified atom stereocenters. The van der Waals surface area contributed by atoms with E-state index in [1.165, 1.54) is 25.7 Å². The van der Waals surface area contributed by atoms with Crippen molar-refractivity contribution in [3.8, 4) is 0 Å². The van der Waals surface area contributed by atoms with Crippen LogP contribution in [-0.2, 0) is 18.3 Å². The molecule has 1 heteroatoms. The Morgan fingerprint density at radius 2 is 1.87 bits per heavy atom. The summed E-state index contributed by atoms with van der Waals surface area (Å²) >= 11 is 3.82. The summed E-state index contributed by atoms with van der Waals surface area (Å²) in [5.74, 6) is 0. The minimum absolute atomic E-state index is 0.362. The third-order valence-electron chi connectivity index (χ3n) is 4.02. The van der Waals surface area contributed by atoms with Crippen molar-refractivity contribution in [3.05, 3.63) is 34.4 Å². The van der Waals surface area contributed by atoms with Crippen LogP contribution in [0.15, 0.2) is 12.1 Å². The van der Waals surface area contributed by atoms with Crippen LogP contribution in [0.1, 0.15) is 53.8 Å². The van der Waals surface area contributed by atoms with Gasteiger partial charge in [0.05, 0.1) is 0 Å². The molecule has 1 aromatic rings. The Morgan fingerprint density at radius 1 is 1.20 bits per heavy atom. The van der Waals surface area contributed by atoms with E-state index in [1.54, 1.807) is 22.3 Å². The Morgan fingerprint density at radius 3 is 2.60 bits per heavy atom. The van der Waals surface area contributed by atoms with Gasteiger partial charge in [0, 0.05) is 4.83 Å². The van der Waals surface area contributed by atoms with Gasteiger partial charge >= 0.3 is 0 Å². The third-order valence-corrected chi connectivity index (χ3v) is 4.84. The number of hydrogen-bond donors (Lipinski definition) is 0. The number of halogens is 1. The highest BCUT2D eigenvalue weighted by molar-refractivity contribution is 9.09. The first-order chi connectivity index (χ1) is 7.08. The fourth-order valence-electron chi connectivity index (χ4n) is 3.16. The second-order valence-electron chi connectivity index (χ2n) is 5.62. The zero-order chi connectivity index (χ0) is 10.6. The van der Waals surface area contributed by atoms with E-state index < -0.39 is 0 Å². The highest BCUT2D eigenvalue weighted by Gasteiger charge is 2.36. The van der Waals surface area contributed by atoms with Gasteiger partial charge in [-0.2, -0.15) is 0 Å². The molecule has 15 heavy (non-hydrogen) atoms. The average molecular weight is 265 g/mol. The van der Waals surface area contributed by atoms with Gasteiger partial charge in [-0.15, -0.1) is 0 Å². The molecule has 2 aliphatic carbocycles. The fraction of sp³-hybridized carbons (Fsp3) is 0.571. The second-order valence-corrected chi connectivity index (χ2v) is 6.72. The quantitative estimate of drug-likeness (QED) is 0.614. The number of fused-ring (bicyclic) bond motifs is 2. The molecule has 1 aromatic carbocycles. The molecule has 0 saturated carbocycles. The van der Waals surface area contributed by atoms with Gasteiger partial charge in [-0.3, -0.25) is 0 Å². The van der Waals surface area contributed by atoms with Gasteiger partial charge in [0.2, 0.25) is 0 Å². The molecule has 0 saturated heterocycles. The van der Waals surface area contributed by atoms with Crippen LogP contribution in [0.5, 0.6) is 0 Å². The monoisotopic (exact) mass is 264 g/mol. The van der Waals surface area contributed by atoms with Crippen LogP contribution in [0.25, 0.3) is 0 Å². The fourth-order valence-corrected chi connectivity index (χ4v) is 4.34. The second kappa shape index (κ2) is 3.10. The summed E-state index contributed by atoms with van der Waals surface area (Å²) in [5, 5.41) is 0. The predicted molar refractivity (Wildman–Crippen MR) is 67.8 cm³/mol. The van der Waals surface area contributed by atoms with E-state index >= 15 is 0 Å². The predicted octanol–water partition coefficient (Wildman–Crippen LogP) is 4.29. The molecule has 0 aromatic heterocycles. The average Bonchev–Trinajstić information content (AvgIpc) is 2.68. The lowest BCUT2D eigenvalue weighted by atomic mass is 9.85. The van der Waals surface area contributed by atoms with E-state index in [0.29, 0.717) is 10.2 Å². The van der Waals surface area contributed by atoms with E-state index in [0.717, 1.165) is 0 Å². The largest absolute Gasteiger partial charge is 0.0838 e. The maximum absolute atomic E-state index is 3.82. The van der Waals surface area contributed by atoms with Crippen LogP contribution in [0.3, 0.4) is 0 Å². The molecule has 0 radical (unpaired) electrons. The topological polar surface area (TPSA) is 0 Å². The lowest BCUT2D eigenvalue weighted by Crippen LogP contribution is -2.12. The van der Waals surface area contributed by atoms with Crippen molar-refractivity contribution in [2.24, 2.45) is 0 Å². The summed E-state index contributed by atoms with van der Waals surface area (Å²) in [4.78, 5) is 0.577. The zero-order valence-electron chi connectivity index (χ0n) is 9.44. The van der Waals surface area contributed by atoms with E-state index in [1.807, 2.05) is 0 Å². The molecular formula is C14H17Br. The van der Waals surface area contributed by atoms with Crippen LogP contribution in [0, 0.1) is 0 Å². The van der Waals surface area contributed by atoms with Crippen molar-refractivity contribution in [1.82, 2.24) is 0 Å². The van der Waals surface area contributed by atoms with Crippen molar-refractivity contribution in [2.45, 2.75) is 49.8 Å². The van der Waals surface area contributed by atoms with Gasteiger partial charge < -0.3 is 0 Å². The Labute approximate surface area is 100 Å². The van der Waals surface area contributed by atoms with E-state index in [4.69, 9.17) is 0 Å². The molecule has 0 heterocycles. The third kappa shape index (κ3) is 1.39. The first kappa shape index (κ1) is 9.89. The summed E-state index contributed by atoms with van der Waals surface area (Å²) < 4.78 is 0. The smallest absolute Gasteiger partial charge is 0.0406 e. The van der Waals surface area contributed by atoms with Gasteiger partial charge in [-0.25, -0.2) is 0 Å². The van der Waals surface area contributed by atoms with Crippen LogP contribution in [0.2, 0.25) is 0 Å². The Kier molecular flexibility index (Phi) is 2.04. The SMILES string of the molecule is CC1(C)CC(Br)c2cc3c(cc21)CCC3. The minimum Gasteiger partial charge on any atom is -0.0838 e. The number of hydrogen-bond acceptors (Lipinski definition) is 0. The standard InChI is InChI=1S/C14H17Br/c1-14(2)8-13(15)11-6-9-4-3-5-10(9)7-12(11)14/h6-7,13H,3-5,8H2,1-2H3.